The average molecular weight is 956 g/mol. The summed E-state index contributed by atoms with van der Waals surface area (Å²) in [6, 6.07) is 18.3. The summed E-state index contributed by atoms with van der Waals surface area (Å²) in [6.45, 7) is 2.79. The third kappa shape index (κ3) is 7.80. The van der Waals surface area contributed by atoms with E-state index in [2.05, 4.69) is 21.7 Å². The Kier molecular flexibility index (Phi) is 13.5. The van der Waals surface area contributed by atoms with Crippen LogP contribution in [0, 0.1) is 123 Å². The molecule has 0 radical (unpaired) electrons. The fourth-order valence-electron chi connectivity index (χ4n) is 7.03. The molecule has 0 saturated carbocycles. The van der Waals surface area contributed by atoms with Crippen molar-refractivity contribution in [1.82, 2.24) is 4.98 Å². The fraction of sp³-hybridized carbons (Fsp3) is 0.0476. The van der Waals surface area contributed by atoms with E-state index in [9.17, 15) is 52.7 Å². The number of hydrogen-bond donors (Lipinski definition) is 0. The van der Waals surface area contributed by atoms with Crippen LogP contribution in [-0.2, 0) is 6.54 Å². The zero-order valence-electron chi connectivity index (χ0n) is 32.1. The van der Waals surface area contributed by atoms with E-state index in [4.69, 9.17) is 4.74 Å². The summed E-state index contributed by atoms with van der Waals surface area (Å²) in [5, 5.41) is 0. The largest absolute Gasteiger partial charge is 0.404 e. The van der Waals surface area contributed by atoms with Crippen LogP contribution >= 0.6 is 0 Å². The molecule has 66 heavy (non-hydrogen) atoms. The number of nitrogens with zero attached hydrogens (tertiary/aromatic N) is 2. The van der Waals surface area contributed by atoms with E-state index in [1.807, 2.05) is 55.6 Å². The SMILES string of the molecule is Cc1ccccc1Oc1cncc[n+]1Cc1ccccc1.Fc1c(F)c(F)c([B-](c2c(F)c(F)c(F)c(F)c2F)(c2c(F)c(F)c(F)c(F)c2F)c2c(F)c(F)c(F)c(F)c2F)c(F)c1F. The molecule has 7 aromatic rings. The fourth-order valence-corrected chi connectivity index (χ4v) is 7.03. The minimum Gasteiger partial charge on any atom is -0.404 e. The van der Waals surface area contributed by atoms with Crippen LogP contribution in [-0.4, -0.2) is 11.1 Å². The minimum absolute atomic E-state index is 0.732. The van der Waals surface area contributed by atoms with Gasteiger partial charge in [0.15, 0.2) is 82.5 Å². The van der Waals surface area contributed by atoms with Gasteiger partial charge >= 0.3 is 5.88 Å². The van der Waals surface area contributed by atoms with Crippen molar-refractivity contribution in [2.45, 2.75) is 13.5 Å². The van der Waals surface area contributed by atoms with E-state index >= 15 is 35.1 Å². The van der Waals surface area contributed by atoms with E-state index in [0.29, 0.717) is 0 Å². The van der Waals surface area contributed by atoms with Crippen molar-refractivity contribution in [2.75, 3.05) is 0 Å². The van der Waals surface area contributed by atoms with Crippen molar-refractivity contribution < 1.29 is 97.1 Å². The molecule has 344 valence electrons. The molecule has 0 fully saturated rings. The van der Waals surface area contributed by atoms with Gasteiger partial charge in [-0.2, -0.15) is 4.57 Å². The number of para-hydroxylation sites is 1. The lowest BCUT2D eigenvalue weighted by Gasteiger charge is -2.44. The van der Waals surface area contributed by atoms with Crippen LogP contribution in [0.25, 0.3) is 0 Å². The van der Waals surface area contributed by atoms with Gasteiger partial charge in [-0.25, -0.2) is 92.8 Å². The standard InChI is InChI=1S/C24BF20.C18H17N2O/c26-5-1(6(27)14(35)21(42)13(5)34)25(2-7(28)15(36)22(43)16(37)8(2)29,3-9(30)17(38)23(44)18(39)10(3)31)4-11(32)19(40)24(45)20(41)12(4)33;1-15-7-5-6-10-17(15)21-18-13-19-11-12-20(18)14-16-8-3-2-4-9-16/h;2-13H,14H2,1H3/q-1;+1. The van der Waals surface area contributed by atoms with Crippen molar-refractivity contribution in [3.05, 3.63) is 201 Å². The van der Waals surface area contributed by atoms with Crippen molar-refractivity contribution >= 4 is 28.0 Å². The summed E-state index contributed by atoms with van der Waals surface area (Å²) in [7, 11) is 0. The first kappa shape index (κ1) is 48.3. The third-order valence-electron chi connectivity index (χ3n) is 10.0. The molecule has 0 bridgehead atoms. The van der Waals surface area contributed by atoms with Gasteiger partial charge < -0.3 is 4.74 Å². The summed E-state index contributed by atoms with van der Waals surface area (Å²) in [5.74, 6) is -69.8. The van der Waals surface area contributed by atoms with Gasteiger partial charge in [0.25, 0.3) is 0 Å². The summed E-state index contributed by atoms with van der Waals surface area (Å²) in [4.78, 5) is 4.17. The van der Waals surface area contributed by atoms with Gasteiger partial charge in [-0.05, 0) is 18.6 Å². The second-order valence-corrected chi connectivity index (χ2v) is 13.7. The van der Waals surface area contributed by atoms with Gasteiger partial charge in [0.2, 0.25) is 0 Å². The predicted molar refractivity (Wildman–Crippen MR) is 190 cm³/mol. The second-order valence-electron chi connectivity index (χ2n) is 13.7. The zero-order valence-corrected chi connectivity index (χ0v) is 32.1. The number of aryl methyl sites for hydroxylation is 1. The Balaban J connectivity index is 0.000000284. The Bertz CT molecular complexity index is 2680. The molecular formula is C42H17BF20N2O. The first-order chi connectivity index (χ1) is 31.0. The molecule has 0 aliphatic heterocycles. The molecule has 7 rings (SSSR count). The number of rotatable bonds is 8. The van der Waals surface area contributed by atoms with Crippen LogP contribution in [0.2, 0.25) is 0 Å². The lowest BCUT2D eigenvalue weighted by atomic mass is 9.12. The van der Waals surface area contributed by atoms with Gasteiger partial charge in [0.1, 0.15) is 64.6 Å². The Labute approximate surface area is 355 Å². The van der Waals surface area contributed by atoms with E-state index in [0.717, 1.165) is 23.7 Å². The van der Waals surface area contributed by atoms with Crippen molar-refractivity contribution in [1.29, 1.82) is 0 Å². The number of hydrogen-bond acceptors (Lipinski definition) is 2. The van der Waals surface area contributed by atoms with Gasteiger partial charge in [-0.1, -0.05) is 48.5 Å². The van der Waals surface area contributed by atoms with Gasteiger partial charge in [-0.3, -0.25) is 0 Å². The highest BCUT2D eigenvalue weighted by atomic mass is 19.2. The Morgan fingerprint density at radius 3 is 1.05 bits per heavy atom. The maximum atomic E-state index is 15.4. The Hall–Kier alpha value is -7.14. The first-order valence-corrected chi connectivity index (χ1v) is 17.9. The third-order valence-corrected chi connectivity index (χ3v) is 10.0. The number of benzene rings is 6. The topological polar surface area (TPSA) is 26.0 Å². The van der Waals surface area contributed by atoms with Crippen LogP contribution in [0.1, 0.15) is 11.1 Å². The summed E-state index contributed by atoms with van der Waals surface area (Å²) < 4.78 is 302. The Morgan fingerprint density at radius 1 is 0.409 bits per heavy atom. The van der Waals surface area contributed by atoms with E-state index in [1.165, 1.54) is 5.56 Å². The van der Waals surface area contributed by atoms with Crippen LogP contribution in [0.5, 0.6) is 11.6 Å². The smallest absolute Gasteiger partial charge is 0.392 e. The quantitative estimate of drug-likeness (QED) is 0.0500. The second kappa shape index (κ2) is 18.4. The highest BCUT2D eigenvalue weighted by Crippen LogP contribution is 2.31. The lowest BCUT2D eigenvalue weighted by molar-refractivity contribution is -0.692. The molecule has 1 aromatic heterocycles. The molecule has 0 saturated heterocycles. The molecule has 0 N–H and O–H groups in total. The molecule has 24 heteroatoms. The molecule has 6 aromatic carbocycles. The normalized spacial score (nSPS) is 11.5. The monoisotopic (exact) mass is 956 g/mol. The maximum absolute atomic E-state index is 15.4. The molecular weight excluding hydrogens is 939 g/mol. The van der Waals surface area contributed by atoms with E-state index < -0.39 is 144 Å². The number of ether oxygens (including phenoxy) is 1. The van der Waals surface area contributed by atoms with E-state index in [1.54, 1.807) is 12.4 Å². The number of halogens is 20. The zero-order chi connectivity index (χ0) is 48.8. The van der Waals surface area contributed by atoms with Crippen LogP contribution in [0.15, 0.2) is 73.2 Å². The number of aromatic nitrogens is 2. The van der Waals surface area contributed by atoms with Gasteiger partial charge in [0.05, 0.1) is 6.20 Å². The highest BCUT2D eigenvalue weighted by molar-refractivity contribution is 7.20. The Morgan fingerprint density at radius 2 is 0.712 bits per heavy atom. The molecule has 0 atom stereocenters. The molecule has 3 nitrogen and oxygen atoms in total. The van der Waals surface area contributed by atoms with Gasteiger partial charge in [0, 0.05) is 5.56 Å². The molecule has 1 heterocycles. The molecule has 0 spiro atoms. The lowest BCUT2D eigenvalue weighted by Crippen LogP contribution is -2.81. The first-order valence-electron chi connectivity index (χ1n) is 17.9. The minimum atomic E-state index is -7.22. The average Bonchev–Trinajstić information content (AvgIpc) is 3.30. The highest BCUT2D eigenvalue weighted by Gasteiger charge is 2.52. The molecule has 0 aliphatic carbocycles. The summed E-state index contributed by atoms with van der Waals surface area (Å²) >= 11 is 0. The predicted octanol–water partition coefficient (Wildman–Crippen LogP) is 9.36. The van der Waals surface area contributed by atoms with Crippen molar-refractivity contribution in [3.63, 3.8) is 0 Å². The van der Waals surface area contributed by atoms with E-state index in [-0.39, 0.29) is 0 Å². The molecule has 0 aliphatic rings. The van der Waals surface area contributed by atoms with Crippen molar-refractivity contribution in [2.24, 2.45) is 0 Å². The summed E-state index contributed by atoms with van der Waals surface area (Å²) in [6.07, 6.45) is -1.77. The van der Waals surface area contributed by atoms with Crippen LogP contribution in [0.4, 0.5) is 87.8 Å². The van der Waals surface area contributed by atoms with Crippen LogP contribution < -0.4 is 31.2 Å². The van der Waals surface area contributed by atoms with Crippen LogP contribution in [0.3, 0.4) is 0 Å². The summed E-state index contributed by atoms with van der Waals surface area (Å²) in [5.41, 5.74) is -12.0. The molecule has 0 amide bonds. The van der Waals surface area contributed by atoms with Crippen molar-refractivity contribution in [3.8, 4) is 11.6 Å². The maximum Gasteiger partial charge on any atom is 0.392 e. The van der Waals surface area contributed by atoms with Gasteiger partial charge in [-0.15, -0.1) is 21.9 Å². The molecule has 0 unspecified atom stereocenters.